The van der Waals surface area contributed by atoms with Crippen molar-refractivity contribution in [1.29, 1.82) is 0 Å². The monoisotopic (exact) mass is 319 g/mol. The topological polar surface area (TPSA) is 63.1 Å². The second kappa shape index (κ2) is 6.18. The number of thiazole rings is 1. The normalized spacial score (nSPS) is 15.8. The molecule has 0 unspecified atom stereocenters. The van der Waals surface area contributed by atoms with E-state index in [1.165, 1.54) is 10.4 Å². The number of anilines is 1. The first-order valence-electron chi connectivity index (χ1n) is 7.54. The Hall–Kier alpha value is -1.73. The van der Waals surface area contributed by atoms with Crippen molar-refractivity contribution >= 4 is 22.4 Å². The standard InChI is InChI=1S/C15H21N5OS/c1-4-13-11(3)22-15(17-13)18-14(21)9-19-7-12(8-19)20-6-10(2)5-16-20/h5-6,12H,4,7-9H2,1-3H3,(H,17,18,21). The molecule has 118 valence electrons. The molecule has 2 aromatic rings. The maximum atomic E-state index is 12.1. The van der Waals surface area contributed by atoms with Crippen LogP contribution in [-0.2, 0) is 11.2 Å². The van der Waals surface area contributed by atoms with Crippen molar-refractivity contribution in [3.05, 3.63) is 28.5 Å². The van der Waals surface area contributed by atoms with E-state index in [4.69, 9.17) is 0 Å². The Balaban J connectivity index is 1.47. The maximum Gasteiger partial charge on any atom is 0.240 e. The minimum atomic E-state index is 0.00602. The highest BCUT2D eigenvalue weighted by molar-refractivity contribution is 7.15. The van der Waals surface area contributed by atoms with Gasteiger partial charge in [0, 0.05) is 24.2 Å². The summed E-state index contributed by atoms with van der Waals surface area (Å²) in [5.41, 5.74) is 2.24. The number of hydrogen-bond acceptors (Lipinski definition) is 5. The number of likely N-dealkylation sites (tertiary alicyclic amines) is 1. The average molecular weight is 319 g/mol. The van der Waals surface area contributed by atoms with Crippen molar-refractivity contribution < 1.29 is 4.79 Å². The zero-order valence-corrected chi connectivity index (χ0v) is 14.0. The molecule has 2 aromatic heterocycles. The molecule has 1 fully saturated rings. The Labute approximate surface area is 134 Å². The molecule has 3 rings (SSSR count). The summed E-state index contributed by atoms with van der Waals surface area (Å²) in [6.07, 6.45) is 4.81. The minimum absolute atomic E-state index is 0.00602. The first-order valence-corrected chi connectivity index (χ1v) is 8.36. The number of hydrogen-bond donors (Lipinski definition) is 1. The van der Waals surface area contributed by atoms with Gasteiger partial charge in [-0.1, -0.05) is 6.92 Å². The molecule has 0 aromatic carbocycles. The predicted molar refractivity (Wildman–Crippen MR) is 87.3 cm³/mol. The van der Waals surface area contributed by atoms with Crippen LogP contribution in [0.1, 0.15) is 29.1 Å². The van der Waals surface area contributed by atoms with E-state index >= 15 is 0 Å². The quantitative estimate of drug-likeness (QED) is 0.916. The first kappa shape index (κ1) is 15.2. The molecule has 1 N–H and O–H groups in total. The lowest BCUT2D eigenvalue weighted by Gasteiger charge is -2.38. The van der Waals surface area contributed by atoms with Gasteiger partial charge in [0.05, 0.1) is 24.5 Å². The van der Waals surface area contributed by atoms with Crippen molar-refractivity contribution in [1.82, 2.24) is 19.7 Å². The molecule has 0 aliphatic carbocycles. The van der Waals surface area contributed by atoms with Gasteiger partial charge < -0.3 is 5.32 Å². The Bertz CT molecular complexity index is 671. The molecular weight excluding hydrogens is 298 g/mol. The van der Waals surface area contributed by atoms with E-state index in [0.29, 0.717) is 17.7 Å². The minimum Gasteiger partial charge on any atom is -0.301 e. The second-order valence-corrected chi connectivity index (χ2v) is 6.97. The third kappa shape index (κ3) is 3.20. The molecule has 0 spiro atoms. The summed E-state index contributed by atoms with van der Waals surface area (Å²) in [4.78, 5) is 19.8. The highest BCUT2D eigenvalue weighted by Gasteiger charge is 2.30. The molecule has 0 radical (unpaired) electrons. The van der Waals surface area contributed by atoms with Crippen molar-refractivity contribution in [2.75, 3.05) is 25.0 Å². The van der Waals surface area contributed by atoms with E-state index in [9.17, 15) is 4.79 Å². The summed E-state index contributed by atoms with van der Waals surface area (Å²) >= 11 is 1.54. The van der Waals surface area contributed by atoms with Gasteiger partial charge >= 0.3 is 0 Å². The molecule has 7 heteroatoms. The van der Waals surface area contributed by atoms with Crippen LogP contribution in [-0.4, -0.2) is 45.2 Å². The SMILES string of the molecule is CCc1nc(NC(=O)CN2CC(n3cc(C)cn3)C2)sc1C. The third-order valence-electron chi connectivity index (χ3n) is 3.88. The molecule has 0 atom stereocenters. The smallest absolute Gasteiger partial charge is 0.240 e. The van der Waals surface area contributed by atoms with E-state index in [1.807, 2.05) is 30.9 Å². The summed E-state index contributed by atoms with van der Waals surface area (Å²) < 4.78 is 1.99. The first-order chi connectivity index (χ1) is 10.5. The van der Waals surface area contributed by atoms with E-state index in [0.717, 1.165) is 25.2 Å². The maximum absolute atomic E-state index is 12.1. The van der Waals surface area contributed by atoms with Gasteiger partial charge in [-0.25, -0.2) is 4.98 Å². The van der Waals surface area contributed by atoms with Crippen molar-refractivity contribution in [2.24, 2.45) is 0 Å². The van der Waals surface area contributed by atoms with Crippen LogP contribution < -0.4 is 5.32 Å². The predicted octanol–water partition coefficient (Wildman–Crippen LogP) is 2.01. The van der Waals surface area contributed by atoms with Crippen LogP contribution in [0.15, 0.2) is 12.4 Å². The van der Waals surface area contributed by atoms with Gasteiger partial charge in [0.1, 0.15) is 0 Å². The van der Waals surface area contributed by atoms with Gasteiger partial charge in [-0.3, -0.25) is 14.4 Å². The molecule has 0 bridgehead atoms. The Morgan fingerprint density at radius 3 is 2.82 bits per heavy atom. The Morgan fingerprint density at radius 2 is 2.23 bits per heavy atom. The largest absolute Gasteiger partial charge is 0.301 e. The molecule has 1 aliphatic heterocycles. The molecule has 1 saturated heterocycles. The highest BCUT2D eigenvalue weighted by atomic mass is 32.1. The van der Waals surface area contributed by atoms with Gasteiger partial charge in [-0.05, 0) is 25.8 Å². The molecule has 22 heavy (non-hydrogen) atoms. The van der Waals surface area contributed by atoms with E-state index < -0.39 is 0 Å². The number of carbonyl (C=O) groups is 1. The van der Waals surface area contributed by atoms with Crippen LogP contribution in [0.25, 0.3) is 0 Å². The Kier molecular flexibility index (Phi) is 4.26. The van der Waals surface area contributed by atoms with Crippen LogP contribution in [0.2, 0.25) is 0 Å². The lowest BCUT2D eigenvalue weighted by molar-refractivity contribution is -0.118. The van der Waals surface area contributed by atoms with E-state index in [1.54, 1.807) is 11.3 Å². The number of aromatic nitrogens is 3. The van der Waals surface area contributed by atoms with Crippen LogP contribution >= 0.6 is 11.3 Å². The fourth-order valence-corrected chi connectivity index (χ4v) is 3.56. The number of amides is 1. The molecular formula is C15H21N5OS. The average Bonchev–Trinajstić information content (AvgIpc) is 2.99. The van der Waals surface area contributed by atoms with Crippen LogP contribution in [0.4, 0.5) is 5.13 Å². The molecule has 3 heterocycles. The fourth-order valence-electron chi connectivity index (χ4n) is 2.64. The number of aryl methyl sites for hydroxylation is 3. The zero-order chi connectivity index (χ0) is 15.7. The van der Waals surface area contributed by atoms with E-state index in [2.05, 4.69) is 27.2 Å². The summed E-state index contributed by atoms with van der Waals surface area (Å²) in [5, 5.41) is 7.93. The number of nitrogens with zero attached hydrogens (tertiary/aromatic N) is 4. The summed E-state index contributed by atoms with van der Waals surface area (Å²) in [6, 6.07) is 0.385. The summed E-state index contributed by atoms with van der Waals surface area (Å²) in [6.45, 7) is 8.30. The third-order valence-corrected chi connectivity index (χ3v) is 4.81. The van der Waals surface area contributed by atoms with Crippen molar-refractivity contribution in [3.63, 3.8) is 0 Å². The molecule has 1 aliphatic rings. The molecule has 6 nitrogen and oxygen atoms in total. The van der Waals surface area contributed by atoms with Gasteiger partial charge in [0.15, 0.2) is 5.13 Å². The number of carbonyl (C=O) groups excluding carboxylic acids is 1. The van der Waals surface area contributed by atoms with Crippen LogP contribution in [0.3, 0.4) is 0 Å². The second-order valence-electron chi connectivity index (χ2n) is 5.77. The number of nitrogens with one attached hydrogen (secondary N) is 1. The van der Waals surface area contributed by atoms with Gasteiger partial charge in [-0.2, -0.15) is 5.10 Å². The van der Waals surface area contributed by atoms with E-state index in [-0.39, 0.29) is 5.91 Å². The number of rotatable bonds is 5. The lowest BCUT2D eigenvalue weighted by Crippen LogP contribution is -2.50. The lowest BCUT2D eigenvalue weighted by atomic mass is 10.1. The van der Waals surface area contributed by atoms with Crippen molar-refractivity contribution in [2.45, 2.75) is 33.2 Å². The zero-order valence-electron chi connectivity index (χ0n) is 13.2. The summed E-state index contributed by atoms with van der Waals surface area (Å²) in [7, 11) is 0. The Morgan fingerprint density at radius 1 is 1.45 bits per heavy atom. The van der Waals surface area contributed by atoms with Gasteiger partial charge in [0.2, 0.25) is 5.91 Å². The molecule has 0 saturated carbocycles. The van der Waals surface area contributed by atoms with Gasteiger partial charge in [-0.15, -0.1) is 11.3 Å². The highest BCUT2D eigenvalue weighted by Crippen LogP contribution is 2.23. The van der Waals surface area contributed by atoms with Gasteiger partial charge in [0.25, 0.3) is 0 Å². The van der Waals surface area contributed by atoms with Crippen molar-refractivity contribution in [3.8, 4) is 0 Å². The summed E-state index contributed by atoms with van der Waals surface area (Å²) in [5.74, 6) is 0.00602. The fraction of sp³-hybridized carbons (Fsp3) is 0.533. The van der Waals surface area contributed by atoms with Crippen LogP contribution in [0.5, 0.6) is 0 Å². The van der Waals surface area contributed by atoms with Crippen LogP contribution in [0, 0.1) is 13.8 Å². The molecule has 1 amide bonds.